The minimum atomic E-state index is 0.175. The molecule has 2 nitrogen and oxygen atoms in total. The van der Waals surface area contributed by atoms with E-state index >= 15 is 0 Å². The lowest BCUT2D eigenvalue weighted by Crippen LogP contribution is -2.62. The van der Waals surface area contributed by atoms with Gasteiger partial charge in [-0.1, -0.05) is 44.9 Å². The summed E-state index contributed by atoms with van der Waals surface area (Å²) in [7, 11) is 0. The first-order chi connectivity index (χ1) is 9.69. The first-order valence-corrected chi connectivity index (χ1v) is 8.24. The Morgan fingerprint density at radius 1 is 1.25 bits per heavy atom. The predicted molar refractivity (Wildman–Crippen MR) is 86.1 cm³/mol. The van der Waals surface area contributed by atoms with E-state index in [0.29, 0.717) is 5.92 Å². The van der Waals surface area contributed by atoms with Crippen molar-refractivity contribution in [3.8, 4) is 0 Å². The van der Waals surface area contributed by atoms with E-state index in [1.165, 1.54) is 49.9 Å². The van der Waals surface area contributed by atoms with Crippen LogP contribution in [0.25, 0.3) is 0 Å². The van der Waals surface area contributed by atoms with Crippen LogP contribution in [0.3, 0.4) is 0 Å². The van der Waals surface area contributed by atoms with Gasteiger partial charge in [-0.3, -0.25) is 0 Å². The van der Waals surface area contributed by atoms with Crippen molar-refractivity contribution in [2.75, 3.05) is 18.0 Å². The Bertz CT molecular complexity index is 470. The molecule has 0 saturated heterocycles. The second-order valence-corrected chi connectivity index (χ2v) is 6.85. The monoisotopic (exact) mass is 272 g/mol. The minimum Gasteiger partial charge on any atom is -0.364 e. The predicted octanol–water partition coefficient (Wildman–Crippen LogP) is 3.59. The summed E-state index contributed by atoms with van der Waals surface area (Å²) < 4.78 is 0. The molecule has 0 aromatic heterocycles. The number of nitrogens with two attached hydrogens (primary N) is 1. The Labute approximate surface area is 123 Å². The maximum absolute atomic E-state index is 6.34. The number of rotatable bonds is 2. The molecule has 1 aliphatic heterocycles. The molecule has 3 atom stereocenters. The Morgan fingerprint density at radius 2 is 2.05 bits per heavy atom. The van der Waals surface area contributed by atoms with Crippen LogP contribution in [0.2, 0.25) is 0 Å². The van der Waals surface area contributed by atoms with Crippen LogP contribution in [-0.4, -0.2) is 18.6 Å². The van der Waals surface area contributed by atoms with E-state index in [4.69, 9.17) is 5.73 Å². The van der Waals surface area contributed by atoms with Crippen molar-refractivity contribution >= 4 is 5.69 Å². The van der Waals surface area contributed by atoms with E-state index in [2.05, 4.69) is 43.0 Å². The number of nitrogens with zero attached hydrogens (tertiary/aromatic N) is 1. The zero-order valence-corrected chi connectivity index (χ0v) is 12.9. The molecule has 2 heteroatoms. The molecule has 0 bridgehead atoms. The quantitative estimate of drug-likeness (QED) is 0.891. The van der Waals surface area contributed by atoms with Crippen molar-refractivity contribution < 1.29 is 0 Å². The molecule has 1 aromatic rings. The van der Waals surface area contributed by atoms with Crippen LogP contribution < -0.4 is 10.6 Å². The van der Waals surface area contributed by atoms with E-state index < -0.39 is 0 Å². The Morgan fingerprint density at radius 3 is 2.85 bits per heavy atom. The molecule has 1 fully saturated rings. The van der Waals surface area contributed by atoms with Crippen molar-refractivity contribution in [2.45, 2.75) is 51.5 Å². The average molecular weight is 272 g/mol. The molecular formula is C18H28N2. The molecule has 20 heavy (non-hydrogen) atoms. The van der Waals surface area contributed by atoms with Crippen molar-refractivity contribution in [3.63, 3.8) is 0 Å². The first kappa shape index (κ1) is 13.9. The topological polar surface area (TPSA) is 29.3 Å². The fraction of sp³-hybridized carbons (Fsp3) is 0.667. The molecule has 1 heterocycles. The highest BCUT2D eigenvalue weighted by Crippen LogP contribution is 2.45. The van der Waals surface area contributed by atoms with Crippen molar-refractivity contribution in [1.29, 1.82) is 0 Å². The second-order valence-electron chi connectivity index (χ2n) is 6.85. The highest BCUT2D eigenvalue weighted by Gasteiger charge is 2.45. The largest absolute Gasteiger partial charge is 0.364 e. The van der Waals surface area contributed by atoms with E-state index in [1.54, 1.807) is 0 Å². The molecule has 0 radical (unpaired) electrons. The molecule has 0 amide bonds. The Hall–Kier alpha value is -1.02. The molecule has 3 unspecified atom stereocenters. The third kappa shape index (κ3) is 2.05. The number of aryl methyl sites for hydroxylation is 1. The number of anilines is 1. The first-order valence-electron chi connectivity index (χ1n) is 8.24. The highest BCUT2D eigenvalue weighted by atomic mass is 15.2. The minimum absolute atomic E-state index is 0.175. The standard InChI is InChI=1S/C18H28N2/c1-14-7-5-11-18(13-19,15(14)2)20-12-6-9-16-8-3-4-10-17(16)20/h3-4,8,10,14-15H,5-7,9,11-13,19H2,1-2H3. The highest BCUT2D eigenvalue weighted by molar-refractivity contribution is 5.58. The summed E-state index contributed by atoms with van der Waals surface area (Å²) in [6, 6.07) is 8.95. The third-order valence-corrected chi connectivity index (χ3v) is 5.97. The molecule has 1 aromatic carbocycles. The SMILES string of the molecule is CC1CCCC(CN)(N2CCCc3ccccc32)C1C. The van der Waals surface area contributed by atoms with Gasteiger partial charge in [-0.2, -0.15) is 0 Å². The molecule has 1 aliphatic carbocycles. The van der Waals surface area contributed by atoms with Crippen LogP contribution in [0.1, 0.15) is 45.1 Å². The van der Waals surface area contributed by atoms with Crippen LogP contribution in [0, 0.1) is 11.8 Å². The number of benzene rings is 1. The maximum atomic E-state index is 6.34. The molecule has 2 aliphatic rings. The molecular weight excluding hydrogens is 244 g/mol. The molecule has 1 saturated carbocycles. The van der Waals surface area contributed by atoms with Gasteiger partial charge in [0.05, 0.1) is 5.54 Å². The lowest BCUT2D eigenvalue weighted by molar-refractivity contribution is 0.137. The summed E-state index contributed by atoms with van der Waals surface area (Å²) in [4.78, 5) is 2.67. The zero-order chi connectivity index (χ0) is 14.2. The summed E-state index contributed by atoms with van der Waals surface area (Å²) in [5, 5.41) is 0. The maximum Gasteiger partial charge on any atom is 0.0552 e. The summed E-state index contributed by atoms with van der Waals surface area (Å²) in [5.41, 5.74) is 9.47. The van der Waals surface area contributed by atoms with Crippen LogP contribution in [0.5, 0.6) is 0 Å². The van der Waals surface area contributed by atoms with Gasteiger partial charge in [0.2, 0.25) is 0 Å². The van der Waals surface area contributed by atoms with Crippen LogP contribution in [0.4, 0.5) is 5.69 Å². The summed E-state index contributed by atoms with van der Waals surface area (Å²) in [6.07, 6.45) is 6.42. The number of hydrogen-bond acceptors (Lipinski definition) is 2. The third-order valence-electron chi connectivity index (χ3n) is 5.97. The average Bonchev–Trinajstić information content (AvgIpc) is 2.50. The van der Waals surface area contributed by atoms with Gasteiger partial charge in [0, 0.05) is 18.8 Å². The van der Waals surface area contributed by atoms with Gasteiger partial charge in [0.25, 0.3) is 0 Å². The van der Waals surface area contributed by atoms with Gasteiger partial charge in [0.15, 0.2) is 0 Å². The zero-order valence-electron chi connectivity index (χ0n) is 12.9. The van der Waals surface area contributed by atoms with Crippen LogP contribution in [-0.2, 0) is 6.42 Å². The lowest BCUT2D eigenvalue weighted by atomic mass is 9.66. The van der Waals surface area contributed by atoms with Gasteiger partial charge in [-0.25, -0.2) is 0 Å². The van der Waals surface area contributed by atoms with Gasteiger partial charge < -0.3 is 10.6 Å². The molecule has 110 valence electrons. The van der Waals surface area contributed by atoms with E-state index in [9.17, 15) is 0 Å². The van der Waals surface area contributed by atoms with Gasteiger partial charge >= 0.3 is 0 Å². The summed E-state index contributed by atoms with van der Waals surface area (Å²) in [6.45, 7) is 6.79. The number of para-hydroxylation sites is 1. The smallest absolute Gasteiger partial charge is 0.0552 e. The molecule has 3 rings (SSSR count). The van der Waals surface area contributed by atoms with Gasteiger partial charge in [0.1, 0.15) is 0 Å². The fourth-order valence-corrected chi connectivity index (χ4v) is 4.51. The fourth-order valence-electron chi connectivity index (χ4n) is 4.51. The number of hydrogen-bond donors (Lipinski definition) is 1. The lowest BCUT2D eigenvalue weighted by Gasteiger charge is -2.55. The van der Waals surface area contributed by atoms with E-state index in [-0.39, 0.29) is 5.54 Å². The van der Waals surface area contributed by atoms with Gasteiger partial charge in [-0.05, 0) is 42.7 Å². The summed E-state index contributed by atoms with van der Waals surface area (Å²) >= 11 is 0. The van der Waals surface area contributed by atoms with Crippen LogP contribution in [0.15, 0.2) is 24.3 Å². The van der Waals surface area contributed by atoms with E-state index in [0.717, 1.165) is 12.5 Å². The number of fused-ring (bicyclic) bond motifs is 1. The normalized spacial score (nSPS) is 33.9. The summed E-state index contributed by atoms with van der Waals surface area (Å²) in [5.74, 6) is 1.45. The second kappa shape index (κ2) is 5.40. The van der Waals surface area contributed by atoms with Crippen molar-refractivity contribution in [3.05, 3.63) is 29.8 Å². The van der Waals surface area contributed by atoms with Crippen molar-refractivity contribution in [2.24, 2.45) is 17.6 Å². The molecule has 0 spiro atoms. The Kier molecular flexibility index (Phi) is 3.76. The Balaban J connectivity index is 2.02. The van der Waals surface area contributed by atoms with E-state index in [1.807, 2.05) is 0 Å². The van der Waals surface area contributed by atoms with Crippen LogP contribution >= 0.6 is 0 Å². The van der Waals surface area contributed by atoms with Crippen molar-refractivity contribution in [1.82, 2.24) is 0 Å². The van der Waals surface area contributed by atoms with Gasteiger partial charge in [-0.15, -0.1) is 0 Å². The molecule has 2 N–H and O–H groups in total.